The number of carbonyl (C=O) groups is 1. The van der Waals surface area contributed by atoms with Crippen LogP contribution in [0.3, 0.4) is 0 Å². The van der Waals surface area contributed by atoms with Crippen molar-refractivity contribution in [3.8, 4) is 12.3 Å². The maximum atomic E-state index is 10.9. The molecule has 0 amide bonds. The predicted octanol–water partition coefficient (Wildman–Crippen LogP) is 0.00840. The number of terminal acetylenes is 1. The molecule has 15 heteroatoms. The van der Waals surface area contributed by atoms with Gasteiger partial charge in [0.05, 0.1) is 166 Å². The average Bonchev–Trinajstić information content (AvgIpc) is 3.05. The minimum Gasteiger partial charge on any atom is -0.467 e. The molecule has 0 saturated heterocycles. The van der Waals surface area contributed by atoms with Gasteiger partial charge in [0.1, 0.15) is 13.2 Å². The lowest BCUT2D eigenvalue weighted by Gasteiger charge is -2.09. The summed E-state index contributed by atoms with van der Waals surface area (Å²) >= 11 is 0. The zero-order chi connectivity index (χ0) is 32.6. The van der Waals surface area contributed by atoms with E-state index in [4.69, 9.17) is 68.0 Å². The molecule has 0 aromatic rings. The first kappa shape index (κ1) is 43.5. The second kappa shape index (κ2) is 40.5. The highest BCUT2D eigenvalue weighted by molar-refractivity contribution is 5.70. The number of hydrogen-bond donors (Lipinski definition) is 0. The van der Waals surface area contributed by atoms with Gasteiger partial charge in [-0.15, -0.1) is 6.42 Å². The van der Waals surface area contributed by atoms with E-state index in [2.05, 4.69) is 10.7 Å². The normalized spacial score (nSPS) is 11.2. The summed E-state index contributed by atoms with van der Waals surface area (Å²) in [6.07, 6.45) is 5.08. The van der Waals surface area contributed by atoms with Crippen molar-refractivity contribution in [2.24, 2.45) is 0 Å². The van der Waals surface area contributed by atoms with Crippen LogP contribution >= 0.6 is 0 Å². The van der Waals surface area contributed by atoms with Gasteiger partial charge in [0.2, 0.25) is 0 Å². The third kappa shape index (κ3) is 40.5. The maximum Gasteiger partial charge on any atom is 0.331 e. The minimum atomic E-state index is -0.410. The van der Waals surface area contributed by atoms with Crippen molar-refractivity contribution in [1.29, 1.82) is 0 Å². The lowest BCUT2D eigenvalue weighted by atomic mass is 10.6. The lowest BCUT2D eigenvalue weighted by Crippen LogP contribution is -2.16. The van der Waals surface area contributed by atoms with Crippen molar-refractivity contribution in [1.82, 2.24) is 0 Å². The highest BCUT2D eigenvalue weighted by atomic mass is 16.6. The van der Waals surface area contributed by atoms with Gasteiger partial charge in [-0.1, -0.05) is 5.92 Å². The van der Waals surface area contributed by atoms with Crippen LogP contribution in [0.2, 0.25) is 0 Å². The zero-order valence-electron chi connectivity index (χ0n) is 27.1. The molecule has 0 aliphatic heterocycles. The second-order valence-electron chi connectivity index (χ2n) is 8.62. The van der Waals surface area contributed by atoms with Gasteiger partial charge >= 0.3 is 5.97 Å². The van der Waals surface area contributed by atoms with Crippen LogP contribution in [0.15, 0.2) is 0 Å². The Kier molecular flexibility index (Phi) is 39.2. The fourth-order valence-electron chi connectivity index (χ4n) is 2.88. The van der Waals surface area contributed by atoms with Gasteiger partial charge < -0.3 is 66.3 Å². The third-order valence-corrected chi connectivity index (χ3v) is 5.10. The van der Waals surface area contributed by atoms with E-state index in [0.29, 0.717) is 165 Å². The quantitative estimate of drug-likeness (QED) is 0.0497. The molecule has 0 radical (unpaired) electrons. The van der Waals surface area contributed by atoms with E-state index in [1.807, 2.05) is 0 Å². The van der Waals surface area contributed by atoms with Gasteiger partial charge in [-0.05, 0) is 0 Å². The molecule has 0 N–H and O–H groups in total. The summed E-state index contributed by atoms with van der Waals surface area (Å²) in [6, 6.07) is 0. The molecule has 0 heterocycles. The molecule has 0 fully saturated rings. The smallest absolute Gasteiger partial charge is 0.331 e. The predicted molar refractivity (Wildman–Crippen MR) is 161 cm³/mol. The molecule has 266 valence electrons. The lowest BCUT2D eigenvalue weighted by molar-refractivity contribution is -0.146. The molecular formula is C30H56O15. The Hall–Kier alpha value is -1.49. The standard InChI is InChI=1S/C30H56O15/c1-3-4-33-5-6-34-7-8-35-9-10-36-11-12-37-13-14-38-15-16-39-17-18-40-19-20-41-21-22-42-23-24-43-25-26-44-27-28-45-29-30(31)32-2/h1H,4-29H2,2H3. The summed E-state index contributed by atoms with van der Waals surface area (Å²) in [5.41, 5.74) is 0. The first-order valence-corrected chi connectivity index (χ1v) is 15.3. The van der Waals surface area contributed by atoms with Crippen molar-refractivity contribution >= 4 is 5.97 Å². The fraction of sp³-hybridized carbons (Fsp3) is 0.900. The van der Waals surface area contributed by atoms with Gasteiger partial charge in [0.25, 0.3) is 0 Å². The van der Waals surface area contributed by atoms with Gasteiger partial charge in [-0.3, -0.25) is 0 Å². The number of carbonyl (C=O) groups excluding carboxylic acids is 1. The Morgan fingerprint density at radius 1 is 0.378 bits per heavy atom. The molecule has 0 atom stereocenters. The van der Waals surface area contributed by atoms with Crippen LogP contribution in [0, 0.1) is 12.3 Å². The summed E-state index contributed by atoms with van der Waals surface area (Å²) in [7, 11) is 1.31. The van der Waals surface area contributed by atoms with E-state index >= 15 is 0 Å². The highest BCUT2D eigenvalue weighted by Crippen LogP contribution is 1.88. The fourth-order valence-corrected chi connectivity index (χ4v) is 2.88. The van der Waals surface area contributed by atoms with E-state index in [1.54, 1.807) is 0 Å². The van der Waals surface area contributed by atoms with Crippen LogP contribution in [0.25, 0.3) is 0 Å². The van der Waals surface area contributed by atoms with Crippen molar-refractivity contribution < 1.29 is 71.1 Å². The average molecular weight is 657 g/mol. The van der Waals surface area contributed by atoms with Gasteiger partial charge in [-0.25, -0.2) is 4.79 Å². The molecule has 0 rings (SSSR count). The van der Waals surface area contributed by atoms with Crippen molar-refractivity contribution in [3.63, 3.8) is 0 Å². The molecular weight excluding hydrogens is 600 g/mol. The van der Waals surface area contributed by atoms with Crippen LogP contribution in [-0.2, 0) is 71.1 Å². The monoisotopic (exact) mass is 656 g/mol. The van der Waals surface area contributed by atoms with Crippen molar-refractivity contribution in [2.45, 2.75) is 0 Å². The number of ether oxygens (including phenoxy) is 14. The number of methoxy groups -OCH3 is 1. The Balaban J connectivity index is 3.05. The maximum absolute atomic E-state index is 10.9. The van der Waals surface area contributed by atoms with Gasteiger partial charge in [0, 0.05) is 0 Å². The van der Waals surface area contributed by atoms with Crippen LogP contribution in [-0.4, -0.2) is 185 Å². The van der Waals surface area contributed by atoms with E-state index in [-0.39, 0.29) is 6.61 Å². The summed E-state index contributed by atoms with van der Waals surface area (Å²) in [4.78, 5) is 10.9. The Morgan fingerprint density at radius 3 is 0.778 bits per heavy atom. The number of hydrogen-bond acceptors (Lipinski definition) is 15. The largest absolute Gasteiger partial charge is 0.467 e. The molecule has 0 aliphatic carbocycles. The van der Waals surface area contributed by atoms with Gasteiger partial charge in [0.15, 0.2) is 0 Å². The Labute approximate surface area is 268 Å². The molecule has 0 spiro atoms. The minimum absolute atomic E-state index is 0.0724. The topological polar surface area (TPSA) is 146 Å². The van der Waals surface area contributed by atoms with Crippen molar-refractivity contribution in [3.05, 3.63) is 0 Å². The van der Waals surface area contributed by atoms with Gasteiger partial charge in [-0.2, -0.15) is 0 Å². The molecule has 0 bridgehead atoms. The van der Waals surface area contributed by atoms with E-state index < -0.39 is 5.97 Å². The molecule has 15 nitrogen and oxygen atoms in total. The van der Waals surface area contributed by atoms with Crippen LogP contribution in [0.5, 0.6) is 0 Å². The second-order valence-corrected chi connectivity index (χ2v) is 8.62. The summed E-state index contributed by atoms with van der Waals surface area (Å²) in [5, 5.41) is 0. The van der Waals surface area contributed by atoms with Crippen LogP contribution in [0.1, 0.15) is 0 Å². The third-order valence-electron chi connectivity index (χ3n) is 5.10. The summed E-state index contributed by atoms with van der Waals surface area (Å²) in [6.45, 7) is 11.7. The number of rotatable bonds is 39. The Bertz CT molecular complexity index is 621. The van der Waals surface area contributed by atoms with Crippen LogP contribution < -0.4 is 0 Å². The summed E-state index contributed by atoms with van der Waals surface area (Å²) in [5.74, 6) is 1.98. The highest BCUT2D eigenvalue weighted by Gasteiger charge is 1.99. The number of esters is 1. The molecule has 0 saturated carbocycles. The SMILES string of the molecule is C#CCOCCOCCOCCOCCOCCOCCOCCOCCOCCOCCOCCOCCOCC(=O)OC. The van der Waals surface area contributed by atoms with Crippen molar-refractivity contribution in [2.75, 3.05) is 179 Å². The van der Waals surface area contributed by atoms with E-state index in [1.165, 1.54) is 7.11 Å². The first-order valence-electron chi connectivity index (χ1n) is 15.3. The molecule has 0 aromatic carbocycles. The molecule has 0 unspecified atom stereocenters. The first-order chi connectivity index (χ1) is 22.3. The molecule has 0 aliphatic rings. The molecule has 0 aromatic heterocycles. The van der Waals surface area contributed by atoms with E-state index in [0.717, 1.165) is 0 Å². The summed E-state index contributed by atoms with van der Waals surface area (Å²) < 4.78 is 74.2. The molecule has 45 heavy (non-hydrogen) atoms. The zero-order valence-corrected chi connectivity index (χ0v) is 27.1. The van der Waals surface area contributed by atoms with E-state index in [9.17, 15) is 4.79 Å². The van der Waals surface area contributed by atoms with Crippen LogP contribution in [0.4, 0.5) is 0 Å². The Morgan fingerprint density at radius 2 is 0.578 bits per heavy atom.